The lowest BCUT2D eigenvalue weighted by Gasteiger charge is -2.31. The number of nitrogens with zero attached hydrogens (tertiary/aromatic N) is 4. The molecule has 1 saturated heterocycles. The van der Waals surface area contributed by atoms with Gasteiger partial charge in [-0.05, 0) is 32.0 Å². The van der Waals surface area contributed by atoms with Crippen molar-refractivity contribution in [1.82, 2.24) is 24.8 Å². The Kier molecular flexibility index (Phi) is 4.15. The molecule has 0 bridgehead atoms. The maximum atomic E-state index is 12.0. The first-order valence-electron chi connectivity index (χ1n) is 7.51. The maximum Gasteiger partial charge on any atom is 0.223 e. The van der Waals surface area contributed by atoms with Crippen LogP contribution in [0.2, 0.25) is 0 Å². The molecule has 1 amide bonds. The van der Waals surface area contributed by atoms with Crippen LogP contribution >= 0.6 is 0 Å². The number of piperidine rings is 1. The summed E-state index contributed by atoms with van der Waals surface area (Å²) >= 11 is 0. The Bertz CT molecular complexity index is 615. The molecule has 21 heavy (non-hydrogen) atoms. The Balaban J connectivity index is 1.64. The fraction of sp³-hybridized carbons (Fsp3) is 0.533. The van der Waals surface area contributed by atoms with Gasteiger partial charge in [-0.3, -0.25) is 9.20 Å². The van der Waals surface area contributed by atoms with E-state index in [0.29, 0.717) is 12.3 Å². The Morgan fingerprint density at radius 2 is 2.14 bits per heavy atom. The Hall–Kier alpha value is -1.95. The van der Waals surface area contributed by atoms with Crippen LogP contribution in [0.25, 0.3) is 5.65 Å². The van der Waals surface area contributed by atoms with Crippen LogP contribution < -0.4 is 5.32 Å². The molecule has 1 fully saturated rings. The summed E-state index contributed by atoms with van der Waals surface area (Å²) in [5.41, 5.74) is 0.889. The highest BCUT2D eigenvalue weighted by molar-refractivity contribution is 5.76. The van der Waals surface area contributed by atoms with Gasteiger partial charge in [-0.2, -0.15) is 0 Å². The zero-order valence-electron chi connectivity index (χ0n) is 12.3. The largest absolute Gasteiger partial charge is 0.343 e. The number of nitrogens with one attached hydrogen (secondary N) is 1. The van der Waals surface area contributed by atoms with Crippen molar-refractivity contribution in [2.24, 2.45) is 0 Å². The van der Waals surface area contributed by atoms with Gasteiger partial charge in [0.15, 0.2) is 5.65 Å². The Labute approximate surface area is 124 Å². The smallest absolute Gasteiger partial charge is 0.223 e. The summed E-state index contributed by atoms with van der Waals surface area (Å²) in [5.74, 6) is 1.65. The highest BCUT2D eigenvalue weighted by Crippen LogP contribution is 2.27. The molecule has 3 rings (SSSR count). The number of carbonyl (C=O) groups excluding carboxylic acids is 1. The van der Waals surface area contributed by atoms with Gasteiger partial charge in [0.2, 0.25) is 5.91 Å². The third-order valence-electron chi connectivity index (χ3n) is 4.14. The van der Waals surface area contributed by atoms with Gasteiger partial charge >= 0.3 is 0 Å². The van der Waals surface area contributed by atoms with Crippen LogP contribution in [0.5, 0.6) is 0 Å². The molecule has 1 N–H and O–H groups in total. The number of fused-ring (bicyclic) bond motifs is 1. The van der Waals surface area contributed by atoms with Gasteiger partial charge in [-0.15, -0.1) is 10.2 Å². The number of rotatable bonds is 4. The number of carbonyl (C=O) groups is 1. The van der Waals surface area contributed by atoms with Crippen molar-refractivity contribution in [2.45, 2.75) is 25.2 Å². The molecule has 0 aromatic carbocycles. The highest BCUT2D eigenvalue weighted by atomic mass is 16.2. The van der Waals surface area contributed by atoms with E-state index in [9.17, 15) is 4.79 Å². The van der Waals surface area contributed by atoms with E-state index in [1.807, 2.05) is 36.3 Å². The molecule has 0 saturated carbocycles. The summed E-state index contributed by atoms with van der Waals surface area (Å²) < 4.78 is 2.06. The van der Waals surface area contributed by atoms with Crippen LogP contribution in [0.3, 0.4) is 0 Å². The molecule has 0 unspecified atom stereocenters. The van der Waals surface area contributed by atoms with Gasteiger partial charge in [0.25, 0.3) is 0 Å². The minimum Gasteiger partial charge on any atom is -0.343 e. The van der Waals surface area contributed by atoms with Crippen molar-refractivity contribution < 1.29 is 4.79 Å². The highest BCUT2D eigenvalue weighted by Gasteiger charge is 2.26. The molecule has 1 aliphatic rings. The van der Waals surface area contributed by atoms with E-state index in [1.165, 1.54) is 0 Å². The van der Waals surface area contributed by atoms with Crippen LogP contribution in [-0.4, -0.2) is 52.1 Å². The third kappa shape index (κ3) is 2.90. The molecular formula is C15H21N5O. The first kappa shape index (κ1) is 14.0. The quantitative estimate of drug-likeness (QED) is 0.913. The lowest BCUT2D eigenvalue weighted by molar-refractivity contribution is -0.132. The molecule has 0 aliphatic carbocycles. The van der Waals surface area contributed by atoms with Crippen molar-refractivity contribution in [1.29, 1.82) is 0 Å². The monoisotopic (exact) mass is 287 g/mol. The lowest BCUT2D eigenvalue weighted by atomic mass is 9.96. The molecule has 0 radical (unpaired) electrons. The average molecular weight is 287 g/mol. The number of hydrogen-bond donors (Lipinski definition) is 1. The molecular weight excluding hydrogens is 266 g/mol. The van der Waals surface area contributed by atoms with Gasteiger partial charge in [0.05, 0.1) is 0 Å². The Morgan fingerprint density at radius 1 is 1.33 bits per heavy atom. The first-order chi connectivity index (χ1) is 10.3. The van der Waals surface area contributed by atoms with Crippen LogP contribution in [0, 0.1) is 0 Å². The van der Waals surface area contributed by atoms with Crippen LogP contribution in [0.15, 0.2) is 24.4 Å². The van der Waals surface area contributed by atoms with Crippen LogP contribution in [0.4, 0.5) is 0 Å². The van der Waals surface area contributed by atoms with Crippen LogP contribution in [-0.2, 0) is 4.79 Å². The van der Waals surface area contributed by atoms with E-state index in [1.54, 1.807) is 0 Å². The normalized spacial score (nSPS) is 16.5. The lowest BCUT2D eigenvalue weighted by Crippen LogP contribution is -2.39. The zero-order valence-corrected chi connectivity index (χ0v) is 12.3. The fourth-order valence-electron chi connectivity index (χ4n) is 2.92. The van der Waals surface area contributed by atoms with E-state index < -0.39 is 0 Å². The molecule has 1 aliphatic heterocycles. The van der Waals surface area contributed by atoms with Gasteiger partial charge in [0.1, 0.15) is 5.82 Å². The number of likely N-dealkylation sites (tertiary alicyclic amines) is 1. The minimum absolute atomic E-state index is 0.244. The SMILES string of the molecule is CNCCC(=O)N1CCC(c2nnc3ccccn23)CC1. The van der Waals surface area contributed by atoms with E-state index >= 15 is 0 Å². The second kappa shape index (κ2) is 6.22. The standard InChI is InChI=1S/C15H21N5O/c1-16-8-5-14(21)19-10-6-12(7-11-19)15-18-17-13-4-2-3-9-20(13)15/h2-4,9,12,16H,5-8,10-11H2,1H3. The number of amides is 1. The van der Waals surface area contributed by atoms with Gasteiger partial charge in [-0.1, -0.05) is 6.07 Å². The van der Waals surface area contributed by atoms with E-state index in [-0.39, 0.29) is 5.91 Å². The van der Waals surface area contributed by atoms with Gasteiger partial charge in [0, 0.05) is 38.2 Å². The maximum absolute atomic E-state index is 12.0. The zero-order chi connectivity index (χ0) is 14.7. The topological polar surface area (TPSA) is 62.5 Å². The summed E-state index contributed by atoms with van der Waals surface area (Å²) in [5, 5.41) is 11.6. The van der Waals surface area contributed by atoms with E-state index in [4.69, 9.17) is 0 Å². The molecule has 2 aromatic rings. The molecule has 6 nitrogen and oxygen atoms in total. The first-order valence-corrected chi connectivity index (χ1v) is 7.51. The summed E-state index contributed by atoms with van der Waals surface area (Å²) in [4.78, 5) is 14.0. The molecule has 2 aromatic heterocycles. The van der Waals surface area contributed by atoms with Crippen molar-refractivity contribution in [2.75, 3.05) is 26.7 Å². The van der Waals surface area contributed by atoms with Crippen LogP contribution in [0.1, 0.15) is 31.0 Å². The Morgan fingerprint density at radius 3 is 2.90 bits per heavy atom. The number of aromatic nitrogens is 3. The summed E-state index contributed by atoms with van der Waals surface area (Å²) in [7, 11) is 1.87. The average Bonchev–Trinajstić information content (AvgIpc) is 2.97. The van der Waals surface area contributed by atoms with Crippen molar-refractivity contribution in [3.63, 3.8) is 0 Å². The molecule has 0 atom stereocenters. The fourth-order valence-corrected chi connectivity index (χ4v) is 2.92. The number of pyridine rings is 1. The summed E-state index contributed by atoms with van der Waals surface area (Å²) in [6.07, 6.45) is 4.51. The van der Waals surface area contributed by atoms with E-state index in [2.05, 4.69) is 19.9 Å². The van der Waals surface area contributed by atoms with Gasteiger partial charge < -0.3 is 10.2 Å². The minimum atomic E-state index is 0.244. The number of hydrogen-bond acceptors (Lipinski definition) is 4. The second-order valence-electron chi connectivity index (χ2n) is 5.50. The van der Waals surface area contributed by atoms with E-state index in [0.717, 1.165) is 43.9 Å². The summed E-state index contributed by atoms with van der Waals surface area (Å²) in [6.45, 7) is 2.37. The van der Waals surface area contributed by atoms with Crippen molar-refractivity contribution in [3.05, 3.63) is 30.2 Å². The van der Waals surface area contributed by atoms with Crippen molar-refractivity contribution in [3.8, 4) is 0 Å². The summed E-state index contributed by atoms with van der Waals surface area (Å²) in [6, 6.07) is 5.93. The molecule has 3 heterocycles. The predicted molar refractivity (Wildman–Crippen MR) is 80.1 cm³/mol. The molecule has 112 valence electrons. The second-order valence-corrected chi connectivity index (χ2v) is 5.50. The van der Waals surface area contributed by atoms with Crippen molar-refractivity contribution >= 4 is 11.6 Å². The van der Waals surface area contributed by atoms with Gasteiger partial charge in [-0.25, -0.2) is 0 Å². The molecule has 0 spiro atoms. The predicted octanol–water partition coefficient (Wildman–Crippen LogP) is 1.04. The molecule has 6 heteroatoms. The third-order valence-corrected chi connectivity index (χ3v) is 4.14.